The molecule has 1 aromatic heterocycles. The zero-order valence-electron chi connectivity index (χ0n) is 8.46. The summed E-state index contributed by atoms with van der Waals surface area (Å²) >= 11 is 0. The van der Waals surface area contributed by atoms with Gasteiger partial charge < -0.3 is 14.8 Å². The Morgan fingerprint density at radius 2 is 2.15 bits per heavy atom. The topological polar surface area (TPSA) is 58.1 Å². The van der Waals surface area contributed by atoms with Gasteiger partial charge in [-0.3, -0.25) is 0 Å². The molecule has 2 N–H and O–H groups in total. The van der Waals surface area contributed by atoms with E-state index in [-0.39, 0.29) is 12.0 Å². The minimum atomic E-state index is -0.491. The van der Waals surface area contributed by atoms with E-state index in [1.54, 1.807) is 0 Å². The van der Waals surface area contributed by atoms with Gasteiger partial charge in [-0.05, 0) is 27.7 Å². The second-order valence-electron chi connectivity index (χ2n) is 3.79. The van der Waals surface area contributed by atoms with E-state index in [0.29, 0.717) is 5.82 Å². The first-order valence-electron chi connectivity index (χ1n) is 4.34. The van der Waals surface area contributed by atoms with Crippen molar-refractivity contribution in [1.29, 1.82) is 0 Å². The smallest absolute Gasteiger partial charge is 0.208 e. The van der Waals surface area contributed by atoms with Crippen molar-refractivity contribution in [3.05, 3.63) is 12.0 Å². The molecule has 0 spiro atoms. The molecule has 13 heavy (non-hydrogen) atoms. The lowest BCUT2D eigenvalue weighted by atomic mass is 10.1. The Morgan fingerprint density at radius 3 is 2.54 bits per heavy atom. The molecule has 0 aliphatic rings. The summed E-state index contributed by atoms with van der Waals surface area (Å²) in [4.78, 5) is 6.75. The Hall–Kier alpha value is -1.03. The molecule has 0 radical (unpaired) electrons. The van der Waals surface area contributed by atoms with E-state index >= 15 is 0 Å². The lowest BCUT2D eigenvalue weighted by molar-refractivity contribution is -0.0652. The van der Waals surface area contributed by atoms with Gasteiger partial charge in [0.15, 0.2) is 0 Å². The van der Waals surface area contributed by atoms with Gasteiger partial charge in [-0.15, -0.1) is 0 Å². The lowest BCUT2D eigenvalue weighted by Gasteiger charge is -2.25. The number of aromatic amines is 1. The maximum absolute atomic E-state index is 9.08. The number of aromatic nitrogens is 2. The molecule has 4 heteroatoms. The first kappa shape index (κ1) is 10.1. The molecule has 1 rings (SSSR count). The van der Waals surface area contributed by atoms with Crippen LogP contribution in [-0.2, 0) is 10.3 Å². The average Bonchev–Trinajstić information content (AvgIpc) is 2.32. The molecule has 0 amide bonds. The van der Waals surface area contributed by atoms with Crippen LogP contribution in [0.2, 0.25) is 0 Å². The van der Waals surface area contributed by atoms with Gasteiger partial charge in [0.25, 0.3) is 0 Å². The van der Waals surface area contributed by atoms with Crippen molar-refractivity contribution in [3.8, 4) is 5.88 Å². The van der Waals surface area contributed by atoms with E-state index in [1.807, 2.05) is 27.7 Å². The SMILES string of the molecule is CC(C)OC(C)(C)c1ncc(O)[nH]1. The second kappa shape index (κ2) is 3.38. The Labute approximate surface area is 78.0 Å². The van der Waals surface area contributed by atoms with Gasteiger partial charge >= 0.3 is 0 Å². The van der Waals surface area contributed by atoms with Gasteiger partial charge in [-0.1, -0.05) is 0 Å². The summed E-state index contributed by atoms with van der Waals surface area (Å²) in [7, 11) is 0. The fourth-order valence-electron chi connectivity index (χ4n) is 1.26. The standard InChI is InChI=1S/C9H16N2O2/c1-6(2)13-9(3,4)8-10-5-7(12)11-8/h5-6,12H,1-4H3,(H,10,11). The summed E-state index contributed by atoms with van der Waals surface area (Å²) < 4.78 is 5.63. The minimum Gasteiger partial charge on any atom is -0.493 e. The first-order valence-corrected chi connectivity index (χ1v) is 4.34. The van der Waals surface area contributed by atoms with Crippen molar-refractivity contribution in [2.24, 2.45) is 0 Å². The molecule has 1 heterocycles. The Balaban J connectivity index is 2.80. The summed E-state index contributed by atoms with van der Waals surface area (Å²) in [6, 6.07) is 0. The molecule has 74 valence electrons. The number of nitrogens with one attached hydrogen (secondary N) is 1. The van der Waals surface area contributed by atoms with Crippen molar-refractivity contribution in [2.45, 2.75) is 39.4 Å². The summed E-state index contributed by atoms with van der Waals surface area (Å²) in [6.07, 6.45) is 1.50. The number of rotatable bonds is 3. The highest BCUT2D eigenvalue weighted by Crippen LogP contribution is 2.24. The van der Waals surface area contributed by atoms with Gasteiger partial charge in [-0.2, -0.15) is 0 Å². The Morgan fingerprint density at radius 1 is 1.54 bits per heavy atom. The van der Waals surface area contributed by atoms with Crippen LogP contribution in [0.1, 0.15) is 33.5 Å². The van der Waals surface area contributed by atoms with Gasteiger partial charge in [0.2, 0.25) is 5.88 Å². The summed E-state index contributed by atoms with van der Waals surface area (Å²) in [5.41, 5.74) is -0.491. The summed E-state index contributed by atoms with van der Waals surface area (Å²) in [6.45, 7) is 7.74. The van der Waals surface area contributed by atoms with Crippen LogP contribution in [0.4, 0.5) is 0 Å². The molecule has 0 aliphatic carbocycles. The lowest BCUT2D eigenvalue weighted by Crippen LogP contribution is -2.26. The van der Waals surface area contributed by atoms with Gasteiger partial charge in [0, 0.05) is 0 Å². The number of imidazole rings is 1. The van der Waals surface area contributed by atoms with Crippen LogP contribution in [0.3, 0.4) is 0 Å². The van der Waals surface area contributed by atoms with Crippen LogP contribution < -0.4 is 0 Å². The van der Waals surface area contributed by atoms with Crippen LogP contribution in [0, 0.1) is 0 Å². The Bertz CT molecular complexity index is 279. The number of hydrogen-bond donors (Lipinski definition) is 2. The normalized spacial score (nSPS) is 12.4. The predicted molar refractivity (Wildman–Crippen MR) is 49.5 cm³/mol. The highest BCUT2D eigenvalue weighted by Gasteiger charge is 2.25. The first-order chi connectivity index (χ1) is 5.92. The quantitative estimate of drug-likeness (QED) is 0.752. The zero-order valence-corrected chi connectivity index (χ0v) is 8.46. The third-order valence-corrected chi connectivity index (χ3v) is 1.66. The second-order valence-corrected chi connectivity index (χ2v) is 3.79. The van der Waals surface area contributed by atoms with E-state index in [2.05, 4.69) is 9.97 Å². The average molecular weight is 184 g/mol. The highest BCUT2D eigenvalue weighted by molar-refractivity contribution is 5.09. The van der Waals surface area contributed by atoms with Gasteiger partial charge in [0.05, 0.1) is 12.3 Å². The van der Waals surface area contributed by atoms with E-state index in [9.17, 15) is 0 Å². The molecule has 0 atom stereocenters. The van der Waals surface area contributed by atoms with Crippen molar-refractivity contribution in [1.82, 2.24) is 9.97 Å². The zero-order chi connectivity index (χ0) is 10.1. The molecule has 0 fully saturated rings. The number of aromatic hydroxyl groups is 1. The number of nitrogens with zero attached hydrogens (tertiary/aromatic N) is 1. The van der Waals surface area contributed by atoms with E-state index in [4.69, 9.17) is 9.84 Å². The van der Waals surface area contributed by atoms with E-state index < -0.39 is 5.60 Å². The monoisotopic (exact) mass is 184 g/mol. The van der Waals surface area contributed by atoms with Crippen LogP contribution in [0.25, 0.3) is 0 Å². The largest absolute Gasteiger partial charge is 0.493 e. The van der Waals surface area contributed by atoms with Crippen molar-refractivity contribution in [3.63, 3.8) is 0 Å². The molecule has 0 aliphatic heterocycles. The molecular weight excluding hydrogens is 168 g/mol. The van der Waals surface area contributed by atoms with Gasteiger partial charge in [0.1, 0.15) is 11.4 Å². The van der Waals surface area contributed by atoms with Crippen molar-refractivity contribution < 1.29 is 9.84 Å². The molecule has 1 aromatic rings. The molecule has 4 nitrogen and oxygen atoms in total. The van der Waals surface area contributed by atoms with E-state index in [1.165, 1.54) is 6.20 Å². The maximum Gasteiger partial charge on any atom is 0.208 e. The minimum absolute atomic E-state index is 0.0652. The van der Waals surface area contributed by atoms with E-state index in [0.717, 1.165) is 0 Å². The van der Waals surface area contributed by atoms with Crippen LogP contribution in [0.5, 0.6) is 5.88 Å². The van der Waals surface area contributed by atoms with Crippen LogP contribution in [-0.4, -0.2) is 21.2 Å². The summed E-state index contributed by atoms with van der Waals surface area (Å²) in [5.74, 6) is 0.703. The fraction of sp³-hybridized carbons (Fsp3) is 0.667. The van der Waals surface area contributed by atoms with Gasteiger partial charge in [-0.25, -0.2) is 4.98 Å². The Kier molecular flexibility index (Phi) is 2.61. The van der Waals surface area contributed by atoms with Crippen LogP contribution in [0.15, 0.2) is 6.20 Å². The summed E-state index contributed by atoms with van der Waals surface area (Å²) in [5, 5.41) is 9.08. The third kappa shape index (κ3) is 2.45. The number of H-pyrrole nitrogens is 1. The fourth-order valence-corrected chi connectivity index (χ4v) is 1.26. The molecular formula is C9H16N2O2. The molecule has 0 saturated heterocycles. The number of hydrogen-bond acceptors (Lipinski definition) is 3. The molecule has 0 saturated carbocycles. The number of ether oxygens (including phenoxy) is 1. The molecule has 0 bridgehead atoms. The third-order valence-electron chi connectivity index (χ3n) is 1.66. The highest BCUT2D eigenvalue weighted by atomic mass is 16.5. The van der Waals surface area contributed by atoms with Crippen molar-refractivity contribution >= 4 is 0 Å². The molecule has 0 aromatic carbocycles. The maximum atomic E-state index is 9.08. The van der Waals surface area contributed by atoms with Crippen molar-refractivity contribution in [2.75, 3.05) is 0 Å². The van der Waals surface area contributed by atoms with Crippen LogP contribution >= 0.6 is 0 Å². The molecule has 0 unspecified atom stereocenters. The predicted octanol–water partition coefficient (Wildman–Crippen LogP) is 1.78.